The molecule has 2 aromatic carbocycles. The Morgan fingerprint density at radius 1 is 1.06 bits per heavy atom. The third-order valence-corrected chi connectivity index (χ3v) is 5.88. The average Bonchev–Trinajstić information content (AvgIpc) is 3.25. The summed E-state index contributed by atoms with van der Waals surface area (Å²) in [7, 11) is 1.31. The fourth-order valence-corrected chi connectivity index (χ4v) is 4.13. The third-order valence-electron chi connectivity index (χ3n) is 5.88. The van der Waals surface area contributed by atoms with Gasteiger partial charge in [-0.1, -0.05) is 36.6 Å². The van der Waals surface area contributed by atoms with Crippen LogP contribution < -0.4 is 10.2 Å². The number of para-hydroxylation sites is 1. The van der Waals surface area contributed by atoms with E-state index in [1.54, 1.807) is 24.3 Å². The molecule has 2 amide bonds. The lowest BCUT2D eigenvalue weighted by atomic mass is 9.95. The number of carbonyl (C=O) groups is 3. The number of ether oxygens (including phenoxy) is 1. The van der Waals surface area contributed by atoms with Gasteiger partial charge in [-0.15, -0.1) is 5.10 Å². The van der Waals surface area contributed by atoms with E-state index in [1.807, 2.05) is 24.3 Å². The predicted molar refractivity (Wildman–Crippen MR) is 123 cm³/mol. The molecule has 1 saturated carbocycles. The molecule has 1 aromatic heterocycles. The van der Waals surface area contributed by atoms with Gasteiger partial charge in [0.2, 0.25) is 11.8 Å². The van der Waals surface area contributed by atoms with Gasteiger partial charge in [-0.05, 0) is 49.2 Å². The maximum Gasteiger partial charge on any atom is 0.337 e. The van der Waals surface area contributed by atoms with E-state index < -0.39 is 5.97 Å². The number of rotatable bonds is 7. The van der Waals surface area contributed by atoms with Crippen LogP contribution in [0.25, 0.3) is 11.0 Å². The number of benzene rings is 2. The van der Waals surface area contributed by atoms with Crippen molar-refractivity contribution in [2.75, 3.05) is 18.6 Å². The minimum atomic E-state index is -0.469. The number of nitrogens with one attached hydrogen (secondary N) is 1. The lowest BCUT2D eigenvalue weighted by Crippen LogP contribution is -2.45. The van der Waals surface area contributed by atoms with Crippen molar-refractivity contribution in [1.82, 2.24) is 20.3 Å². The molecule has 3 aromatic rings. The second-order valence-electron chi connectivity index (χ2n) is 8.16. The van der Waals surface area contributed by atoms with Crippen molar-refractivity contribution >= 4 is 34.5 Å². The average molecular weight is 450 g/mol. The Hall–Kier alpha value is -3.75. The Morgan fingerprint density at radius 2 is 1.79 bits per heavy atom. The van der Waals surface area contributed by atoms with Gasteiger partial charge in [0.05, 0.1) is 18.2 Å². The molecule has 9 nitrogen and oxygen atoms in total. The fraction of sp³-hybridized carbons (Fsp3) is 0.375. The predicted octanol–water partition coefficient (Wildman–Crippen LogP) is 2.70. The van der Waals surface area contributed by atoms with Gasteiger partial charge in [0.25, 0.3) is 0 Å². The summed E-state index contributed by atoms with van der Waals surface area (Å²) < 4.78 is 6.26. The number of methoxy groups -OCH3 is 1. The second-order valence-corrected chi connectivity index (χ2v) is 8.16. The highest BCUT2D eigenvalue weighted by Crippen LogP contribution is 2.20. The monoisotopic (exact) mass is 449 g/mol. The molecule has 1 aliphatic carbocycles. The number of carbonyl (C=O) groups excluding carboxylic acids is 3. The van der Waals surface area contributed by atoms with Crippen LogP contribution >= 0.6 is 0 Å². The molecule has 172 valence electrons. The molecule has 1 fully saturated rings. The Labute approximate surface area is 191 Å². The molecule has 4 rings (SSSR count). The standard InChI is InChI=1S/C24H27N5O4/c1-33-24(32)17-11-13-19(14-12-17)28(15-22(30)25-18-7-3-2-4-8-18)23(31)16-29-21-10-6-5-9-20(21)26-27-29/h5-6,9-14,18H,2-4,7-8,15-16H2,1H3,(H,25,30). The first kappa shape index (κ1) is 22.4. The van der Waals surface area contributed by atoms with Gasteiger partial charge in [0.15, 0.2) is 0 Å². The van der Waals surface area contributed by atoms with Crippen molar-refractivity contribution in [2.45, 2.75) is 44.7 Å². The maximum absolute atomic E-state index is 13.3. The molecule has 9 heteroatoms. The minimum Gasteiger partial charge on any atom is -0.465 e. The molecular weight excluding hydrogens is 422 g/mol. The van der Waals surface area contributed by atoms with Crippen molar-refractivity contribution in [2.24, 2.45) is 0 Å². The van der Waals surface area contributed by atoms with Crippen LogP contribution in [0, 0.1) is 0 Å². The molecule has 0 bridgehead atoms. The molecule has 0 saturated heterocycles. The van der Waals surface area contributed by atoms with E-state index in [1.165, 1.54) is 23.1 Å². The molecular formula is C24H27N5O4. The van der Waals surface area contributed by atoms with E-state index in [9.17, 15) is 14.4 Å². The normalized spacial score (nSPS) is 14.1. The molecule has 33 heavy (non-hydrogen) atoms. The summed E-state index contributed by atoms with van der Waals surface area (Å²) in [5.41, 5.74) is 2.30. The van der Waals surface area contributed by atoms with Gasteiger partial charge in [-0.25, -0.2) is 9.48 Å². The Morgan fingerprint density at radius 3 is 2.52 bits per heavy atom. The summed E-state index contributed by atoms with van der Waals surface area (Å²) in [4.78, 5) is 39.3. The van der Waals surface area contributed by atoms with Gasteiger partial charge >= 0.3 is 5.97 Å². The molecule has 0 aliphatic heterocycles. The SMILES string of the molecule is COC(=O)c1ccc(N(CC(=O)NC2CCCCC2)C(=O)Cn2nnc3ccccc32)cc1. The van der Waals surface area contributed by atoms with Crippen molar-refractivity contribution in [3.05, 3.63) is 54.1 Å². The number of hydrogen-bond donors (Lipinski definition) is 1. The molecule has 1 heterocycles. The van der Waals surface area contributed by atoms with Gasteiger partial charge in [0.1, 0.15) is 18.6 Å². The quantitative estimate of drug-likeness (QED) is 0.556. The van der Waals surface area contributed by atoms with E-state index in [-0.39, 0.29) is 30.9 Å². The first-order valence-electron chi connectivity index (χ1n) is 11.1. The number of esters is 1. The summed E-state index contributed by atoms with van der Waals surface area (Å²) >= 11 is 0. The lowest BCUT2D eigenvalue weighted by Gasteiger charge is -2.26. The van der Waals surface area contributed by atoms with Crippen LogP contribution in [0.4, 0.5) is 5.69 Å². The maximum atomic E-state index is 13.3. The van der Waals surface area contributed by atoms with E-state index in [0.717, 1.165) is 31.2 Å². The van der Waals surface area contributed by atoms with Crippen molar-refractivity contribution in [1.29, 1.82) is 0 Å². The zero-order valence-electron chi connectivity index (χ0n) is 18.6. The smallest absolute Gasteiger partial charge is 0.337 e. The van der Waals surface area contributed by atoms with Gasteiger partial charge < -0.3 is 15.0 Å². The first-order chi connectivity index (χ1) is 16.0. The van der Waals surface area contributed by atoms with Crippen LogP contribution in [0.3, 0.4) is 0 Å². The van der Waals surface area contributed by atoms with Crippen molar-refractivity contribution in [3.8, 4) is 0 Å². The molecule has 0 spiro atoms. The van der Waals surface area contributed by atoms with E-state index in [2.05, 4.69) is 15.6 Å². The highest BCUT2D eigenvalue weighted by molar-refractivity contribution is 5.99. The summed E-state index contributed by atoms with van der Waals surface area (Å²) in [6.07, 6.45) is 5.30. The Bertz CT molecular complexity index is 1140. The summed E-state index contributed by atoms with van der Waals surface area (Å²) in [5, 5.41) is 11.2. The number of nitrogens with zero attached hydrogens (tertiary/aromatic N) is 4. The lowest BCUT2D eigenvalue weighted by molar-refractivity contribution is -0.124. The number of fused-ring (bicyclic) bond motifs is 1. The molecule has 1 N–H and O–H groups in total. The third kappa shape index (κ3) is 5.36. The van der Waals surface area contributed by atoms with E-state index >= 15 is 0 Å². The van der Waals surface area contributed by atoms with Gasteiger partial charge in [-0.3, -0.25) is 9.59 Å². The summed E-state index contributed by atoms with van der Waals surface area (Å²) in [6, 6.07) is 13.9. The zero-order chi connectivity index (χ0) is 23.2. The van der Waals surface area contributed by atoms with Crippen LogP contribution in [-0.2, 0) is 20.9 Å². The number of amides is 2. The highest BCUT2D eigenvalue weighted by Gasteiger charge is 2.23. The Kier molecular flexibility index (Phi) is 6.97. The topological polar surface area (TPSA) is 106 Å². The van der Waals surface area contributed by atoms with Gasteiger partial charge in [-0.2, -0.15) is 0 Å². The molecule has 0 atom stereocenters. The highest BCUT2D eigenvalue weighted by atomic mass is 16.5. The van der Waals surface area contributed by atoms with Crippen LogP contribution in [0.5, 0.6) is 0 Å². The Balaban J connectivity index is 1.55. The molecule has 1 aliphatic rings. The molecule has 0 unspecified atom stereocenters. The largest absolute Gasteiger partial charge is 0.465 e. The first-order valence-corrected chi connectivity index (χ1v) is 11.1. The summed E-state index contributed by atoms with van der Waals surface area (Å²) in [6.45, 7) is -0.199. The van der Waals surface area contributed by atoms with Crippen molar-refractivity contribution < 1.29 is 19.1 Å². The van der Waals surface area contributed by atoms with Crippen LogP contribution in [0.2, 0.25) is 0 Å². The van der Waals surface area contributed by atoms with Crippen LogP contribution in [0.15, 0.2) is 48.5 Å². The van der Waals surface area contributed by atoms with E-state index in [0.29, 0.717) is 16.8 Å². The van der Waals surface area contributed by atoms with Crippen molar-refractivity contribution in [3.63, 3.8) is 0 Å². The number of hydrogen-bond acceptors (Lipinski definition) is 6. The second kappa shape index (κ2) is 10.2. The molecule has 0 radical (unpaired) electrons. The zero-order valence-corrected chi connectivity index (χ0v) is 18.6. The minimum absolute atomic E-state index is 0.0734. The fourth-order valence-electron chi connectivity index (χ4n) is 4.13. The number of anilines is 1. The van der Waals surface area contributed by atoms with E-state index in [4.69, 9.17) is 4.74 Å². The van der Waals surface area contributed by atoms with Crippen LogP contribution in [0.1, 0.15) is 42.5 Å². The van der Waals surface area contributed by atoms with Gasteiger partial charge in [0, 0.05) is 11.7 Å². The van der Waals surface area contributed by atoms with Crippen LogP contribution in [-0.4, -0.2) is 52.5 Å². The summed E-state index contributed by atoms with van der Waals surface area (Å²) in [5.74, 6) is -0.991. The number of aromatic nitrogens is 3.